The molecule has 1 aromatic rings. The molecule has 1 unspecified atom stereocenters. The molecule has 1 atom stereocenters. The van der Waals surface area contributed by atoms with Crippen LogP contribution in [0, 0.1) is 0 Å². The molecule has 0 radical (unpaired) electrons. The number of anilines is 1. The molecule has 0 bridgehead atoms. The summed E-state index contributed by atoms with van der Waals surface area (Å²) in [6.07, 6.45) is 3.84. The Labute approximate surface area is 71.0 Å². The van der Waals surface area contributed by atoms with Crippen molar-refractivity contribution in [3.63, 3.8) is 0 Å². The normalized spacial score (nSPS) is 24.4. The van der Waals surface area contributed by atoms with Crippen LogP contribution in [0.15, 0.2) is 6.33 Å². The first-order valence-electron chi connectivity index (χ1n) is 4.22. The molecule has 66 valence electrons. The monoisotopic (exact) mass is 167 g/mol. The molecule has 3 N–H and O–H groups in total. The number of nitrogens with two attached hydrogens (primary N) is 1. The number of hydrogen-bond acceptors (Lipinski definition) is 4. The van der Waals surface area contributed by atoms with Crippen LogP contribution in [0.3, 0.4) is 0 Å². The zero-order valence-corrected chi connectivity index (χ0v) is 6.90. The number of aromatic nitrogens is 3. The highest BCUT2D eigenvalue weighted by molar-refractivity contribution is 5.28. The highest BCUT2D eigenvalue weighted by atomic mass is 15.3. The Morgan fingerprint density at radius 3 is 3.25 bits per heavy atom. The molecule has 2 rings (SSSR count). The van der Waals surface area contributed by atoms with Crippen LogP contribution in [0.4, 0.5) is 5.95 Å². The molecule has 12 heavy (non-hydrogen) atoms. The van der Waals surface area contributed by atoms with Crippen molar-refractivity contribution in [1.82, 2.24) is 15.2 Å². The molecule has 5 heteroatoms. The van der Waals surface area contributed by atoms with Crippen LogP contribution in [0.1, 0.15) is 12.8 Å². The standard InChI is InChI=1S/C7H13N5/c8-6-2-1-3-12(4-6)7-9-5-10-11-7/h5-6H,1-4,8H2,(H,9,10,11). The molecule has 0 saturated carbocycles. The molecule has 1 aromatic heterocycles. The van der Waals surface area contributed by atoms with Crippen molar-refractivity contribution in [1.29, 1.82) is 0 Å². The fourth-order valence-electron chi connectivity index (χ4n) is 1.55. The van der Waals surface area contributed by atoms with E-state index in [0.29, 0.717) is 0 Å². The summed E-state index contributed by atoms with van der Waals surface area (Å²) >= 11 is 0. The van der Waals surface area contributed by atoms with Crippen LogP contribution in [0.5, 0.6) is 0 Å². The van der Waals surface area contributed by atoms with E-state index >= 15 is 0 Å². The lowest BCUT2D eigenvalue weighted by molar-refractivity contribution is 0.500. The van der Waals surface area contributed by atoms with Crippen molar-refractivity contribution in [2.24, 2.45) is 5.73 Å². The van der Waals surface area contributed by atoms with Gasteiger partial charge in [-0.3, -0.25) is 5.10 Å². The lowest BCUT2D eigenvalue weighted by Crippen LogP contribution is -2.43. The van der Waals surface area contributed by atoms with Gasteiger partial charge in [0.05, 0.1) is 0 Å². The van der Waals surface area contributed by atoms with Gasteiger partial charge in [-0.2, -0.15) is 0 Å². The fraction of sp³-hybridized carbons (Fsp3) is 0.714. The van der Waals surface area contributed by atoms with Gasteiger partial charge in [0.15, 0.2) is 0 Å². The number of rotatable bonds is 1. The van der Waals surface area contributed by atoms with Gasteiger partial charge in [0.1, 0.15) is 6.33 Å². The van der Waals surface area contributed by atoms with E-state index in [1.165, 1.54) is 0 Å². The van der Waals surface area contributed by atoms with Crippen LogP contribution >= 0.6 is 0 Å². The van der Waals surface area contributed by atoms with E-state index in [1.807, 2.05) is 0 Å². The first-order chi connectivity index (χ1) is 5.86. The Morgan fingerprint density at radius 2 is 2.58 bits per heavy atom. The van der Waals surface area contributed by atoms with E-state index in [4.69, 9.17) is 5.73 Å². The number of hydrogen-bond donors (Lipinski definition) is 2. The van der Waals surface area contributed by atoms with Crippen molar-refractivity contribution in [2.45, 2.75) is 18.9 Å². The molecule has 1 aliphatic heterocycles. The zero-order valence-electron chi connectivity index (χ0n) is 6.90. The molecular weight excluding hydrogens is 154 g/mol. The summed E-state index contributed by atoms with van der Waals surface area (Å²) in [5, 5.41) is 6.71. The molecular formula is C7H13N5. The molecule has 5 nitrogen and oxygen atoms in total. The molecule has 0 aromatic carbocycles. The number of nitrogens with zero attached hydrogens (tertiary/aromatic N) is 3. The van der Waals surface area contributed by atoms with Gasteiger partial charge in [-0.05, 0) is 12.8 Å². The van der Waals surface area contributed by atoms with Crippen molar-refractivity contribution < 1.29 is 0 Å². The molecule has 0 aliphatic carbocycles. The molecule has 0 spiro atoms. The van der Waals surface area contributed by atoms with Gasteiger partial charge in [0, 0.05) is 19.1 Å². The minimum atomic E-state index is 0.275. The van der Waals surface area contributed by atoms with Crippen LogP contribution in [-0.2, 0) is 0 Å². The average molecular weight is 167 g/mol. The quantitative estimate of drug-likeness (QED) is 0.604. The maximum absolute atomic E-state index is 5.82. The summed E-state index contributed by atoms with van der Waals surface area (Å²) in [4.78, 5) is 6.19. The Hall–Kier alpha value is -1.10. The van der Waals surface area contributed by atoms with Crippen LogP contribution in [-0.4, -0.2) is 34.3 Å². The molecule has 0 amide bonds. The number of nitrogens with one attached hydrogen (secondary N) is 1. The predicted octanol–water partition coefficient (Wildman–Crippen LogP) is -0.268. The van der Waals surface area contributed by atoms with E-state index in [0.717, 1.165) is 31.9 Å². The van der Waals surface area contributed by atoms with Crippen molar-refractivity contribution in [2.75, 3.05) is 18.0 Å². The second-order valence-corrected chi connectivity index (χ2v) is 3.15. The zero-order chi connectivity index (χ0) is 8.39. The second-order valence-electron chi connectivity index (χ2n) is 3.15. The first-order valence-corrected chi connectivity index (χ1v) is 4.22. The maximum Gasteiger partial charge on any atom is 0.244 e. The first kappa shape index (κ1) is 7.54. The van der Waals surface area contributed by atoms with Crippen LogP contribution in [0.25, 0.3) is 0 Å². The van der Waals surface area contributed by atoms with Crippen molar-refractivity contribution in [3.8, 4) is 0 Å². The highest BCUT2D eigenvalue weighted by Gasteiger charge is 2.18. The van der Waals surface area contributed by atoms with Gasteiger partial charge in [-0.1, -0.05) is 0 Å². The number of H-pyrrole nitrogens is 1. The van der Waals surface area contributed by atoms with Gasteiger partial charge in [0.2, 0.25) is 5.95 Å². The van der Waals surface area contributed by atoms with E-state index in [9.17, 15) is 0 Å². The van der Waals surface area contributed by atoms with E-state index in [-0.39, 0.29) is 6.04 Å². The molecule has 1 aliphatic rings. The topological polar surface area (TPSA) is 70.8 Å². The average Bonchev–Trinajstić information content (AvgIpc) is 2.56. The van der Waals surface area contributed by atoms with Gasteiger partial charge >= 0.3 is 0 Å². The van der Waals surface area contributed by atoms with E-state index in [2.05, 4.69) is 20.1 Å². The summed E-state index contributed by atoms with van der Waals surface area (Å²) in [6, 6.07) is 0.275. The third-order valence-electron chi connectivity index (χ3n) is 2.14. The van der Waals surface area contributed by atoms with Crippen molar-refractivity contribution >= 4 is 5.95 Å². The third-order valence-corrected chi connectivity index (χ3v) is 2.14. The predicted molar refractivity (Wildman–Crippen MR) is 45.8 cm³/mol. The Morgan fingerprint density at radius 1 is 1.67 bits per heavy atom. The van der Waals surface area contributed by atoms with E-state index < -0.39 is 0 Å². The van der Waals surface area contributed by atoms with E-state index in [1.54, 1.807) is 6.33 Å². The fourth-order valence-corrected chi connectivity index (χ4v) is 1.55. The van der Waals surface area contributed by atoms with Gasteiger partial charge in [-0.15, -0.1) is 5.10 Å². The molecule has 1 saturated heterocycles. The summed E-state index contributed by atoms with van der Waals surface area (Å²) in [5.74, 6) is 0.769. The van der Waals surface area contributed by atoms with Gasteiger partial charge in [-0.25, -0.2) is 4.98 Å². The molecule has 2 heterocycles. The number of piperidine rings is 1. The summed E-state index contributed by atoms with van der Waals surface area (Å²) in [7, 11) is 0. The molecule has 1 fully saturated rings. The number of aromatic amines is 1. The largest absolute Gasteiger partial charge is 0.338 e. The van der Waals surface area contributed by atoms with Crippen LogP contribution in [0.2, 0.25) is 0 Å². The lowest BCUT2D eigenvalue weighted by atomic mass is 10.1. The third kappa shape index (κ3) is 1.40. The lowest BCUT2D eigenvalue weighted by Gasteiger charge is -2.29. The van der Waals surface area contributed by atoms with Gasteiger partial charge in [0.25, 0.3) is 0 Å². The summed E-state index contributed by atoms with van der Waals surface area (Å²) in [6.45, 7) is 1.89. The van der Waals surface area contributed by atoms with Crippen LogP contribution < -0.4 is 10.6 Å². The minimum absolute atomic E-state index is 0.275. The Kier molecular flexibility index (Phi) is 1.95. The summed E-state index contributed by atoms with van der Waals surface area (Å²) in [5.41, 5.74) is 5.82. The smallest absolute Gasteiger partial charge is 0.244 e. The highest BCUT2D eigenvalue weighted by Crippen LogP contribution is 2.13. The Balaban J connectivity index is 2.04. The Bertz CT molecular complexity index is 232. The second kappa shape index (κ2) is 3.10. The SMILES string of the molecule is NC1CCCN(c2nc[nH]n2)C1. The van der Waals surface area contributed by atoms with Gasteiger partial charge < -0.3 is 10.6 Å². The van der Waals surface area contributed by atoms with Crippen molar-refractivity contribution in [3.05, 3.63) is 6.33 Å². The minimum Gasteiger partial charge on any atom is -0.338 e. The summed E-state index contributed by atoms with van der Waals surface area (Å²) < 4.78 is 0. The maximum atomic E-state index is 5.82.